The number of carboxylic acids is 1. The lowest BCUT2D eigenvalue weighted by atomic mass is 10.0. The molecule has 0 unspecified atom stereocenters. The number of benzene rings is 1. The van der Waals surface area contributed by atoms with Gasteiger partial charge < -0.3 is 25.8 Å². The summed E-state index contributed by atoms with van der Waals surface area (Å²) in [7, 11) is 0. The van der Waals surface area contributed by atoms with Crippen LogP contribution in [0.15, 0.2) is 30.3 Å². The summed E-state index contributed by atoms with van der Waals surface area (Å²) in [6.07, 6.45) is -0.697. The molecule has 3 amide bonds. The normalized spacial score (nSPS) is 19.5. The monoisotopic (exact) mass is 405 g/mol. The van der Waals surface area contributed by atoms with Gasteiger partial charge in [-0.05, 0) is 12.5 Å². The highest BCUT2D eigenvalue weighted by Crippen LogP contribution is 2.09. The Morgan fingerprint density at radius 3 is 2.34 bits per heavy atom. The molecule has 1 saturated heterocycles. The van der Waals surface area contributed by atoms with Crippen molar-refractivity contribution in [2.45, 2.75) is 44.3 Å². The van der Waals surface area contributed by atoms with E-state index in [1.807, 2.05) is 30.3 Å². The van der Waals surface area contributed by atoms with E-state index in [4.69, 9.17) is 5.11 Å². The van der Waals surface area contributed by atoms with Gasteiger partial charge in [0.25, 0.3) is 0 Å². The van der Waals surface area contributed by atoms with Gasteiger partial charge in [-0.25, -0.2) is 4.79 Å². The third-order valence-electron chi connectivity index (χ3n) is 4.25. The van der Waals surface area contributed by atoms with Crippen LogP contribution in [-0.2, 0) is 35.1 Å². The summed E-state index contributed by atoms with van der Waals surface area (Å²) in [6.45, 7) is 1.65. The van der Waals surface area contributed by atoms with Crippen molar-refractivity contribution < 1.29 is 33.8 Å². The molecule has 2 rings (SSSR count). The van der Waals surface area contributed by atoms with E-state index < -0.39 is 60.6 Å². The molecule has 1 aromatic carbocycles. The summed E-state index contributed by atoms with van der Waals surface area (Å²) in [5.41, 5.74) is 0.868. The van der Waals surface area contributed by atoms with Gasteiger partial charge in [0.2, 0.25) is 17.7 Å². The van der Waals surface area contributed by atoms with E-state index in [0.29, 0.717) is 6.42 Å². The van der Waals surface area contributed by atoms with Crippen molar-refractivity contribution in [1.82, 2.24) is 16.0 Å². The lowest BCUT2D eigenvalue weighted by molar-refractivity contribution is -0.150. The van der Waals surface area contributed by atoms with Gasteiger partial charge in [0.05, 0.1) is 19.4 Å². The highest BCUT2D eigenvalue weighted by Gasteiger charge is 2.35. The average Bonchev–Trinajstić information content (AvgIpc) is 2.66. The van der Waals surface area contributed by atoms with Gasteiger partial charge in [-0.15, -0.1) is 0 Å². The third kappa shape index (κ3) is 6.59. The van der Waals surface area contributed by atoms with Crippen molar-refractivity contribution in [2.75, 3.05) is 6.61 Å². The second-order valence-corrected chi connectivity index (χ2v) is 6.48. The van der Waals surface area contributed by atoms with Crippen molar-refractivity contribution in [3.8, 4) is 0 Å². The standard InChI is InChI=1S/C19H23N3O7/c1-2-29-16(24)10-14(19(27)28)20-15(23)9-13-18(26)21-12(17(25)22-13)8-11-6-4-3-5-7-11/h3-7,12-14H,2,8-10H2,1H3,(H,20,23)(H,21,26)(H,22,25)(H,27,28)/t12-,13-,14+/m0/s1. The molecule has 0 bridgehead atoms. The average molecular weight is 405 g/mol. The topological polar surface area (TPSA) is 151 Å². The fourth-order valence-corrected chi connectivity index (χ4v) is 2.84. The maximum atomic E-state index is 12.3. The first-order valence-electron chi connectivity index (χ1n) is 9.12. The Kier molecular flexibility index (Phi) is 7.70. The van der Waals surface area contributed by atoms with Crippen LogP contribution in [0.25, 0.3) is 0 Å². The van der Waals surface area contributed by atoms with Crippen molar-refractivity contribution >= 4 is 29.7 Å². The van der Waals surface area contributed by atoms with Crippen molar-refractivity contribution in [3.05, 3.63) is 35.9 Å². The molecule has 1 aromatic rings. The fourth-order valence-electron chi connectivity index (χ4n) is 2.84. The highest BCUT2D eigenvalue weighted by molar-refractivity contribution is 5.99. The molecule has 10 heteroatoms. The van der Waals surface area contributed by atoms with Gasteiger partial charge in [0.15, 0.2) is 0 Å². The summed E-state index contributed by atoms with van der Waals surface area (Å²) in [5, 5.41) is 16.4. The van der Waals surface area contributed by atoms with Crippen LogP contribution in [0.2, 0.25) is 0 Å². The Balaban J connectivity index is 1.90. The molecule has 0 aromatic heterocycles. The quantitative estimate of drug-likeness (QED) is 0.390. The van der Waals surface area contributed by atoms with E-state index in [0.717, 1.165) is 5.56 Å². The largest absolute Gasteiger partial charge is 0.480 e. The number of esters is 1. The molecule has 10 nitrogen and oxygen atoms in total. The molecule has 3 atom stereocenters. The van der Waals surface area contributed by atoms with Gasteiger partial charge in [-0.3, -0.25) is 19.2 Å². The lowest BCUT2D eigenvalue weighted by Gasteiger charge is -2.29. The Morgan fingerprint density at radius 2 is 1.72 bits per heavy atom. The lowest BCUT2D eigenvalue weighted by Crippen LogP contribution is -2.63. The van der Waals surface area contributed by atoms with Gasteiger partial charge in [0, 0.05) is 6.42 Å². The zero-order chi connectivity index (χ0) is 21.4. The predicted molar refractivity (Wildman–Crippen MR) is 99.4 cm³/mol. The van der Waals surface area contributed by atoms with E-state index in [2.05, 4.69) is 20.7 Å². The molecule has 1 aliphatic heterocycles. The molecular formula is C19H23N3O7. The Labute approximate surface area is 167 Å². The highest BCUT2D eigenvalue weighted by atomic mass is 16.5. The van der Waals surface area contributed by atoms with E-state index in [9.17, 15) is 24.0 Å². The molecule has 156 valence electrons. The van der Waals surface area contributed by atoms with Gasteiger partial charge in [0.1, 0.15) is 18.1 Å². The molecule has 4 N–H and O–H groups in total. The number of aliphatic carboxylic acids is 1. The molecule has 0 saturated carbocycles. The second kappa shape index (κ2) is 10.2. The van der Waals surface area contributed by atoms with Gasteiger partial charge in [-0.1, -0.05) is 30.3 Å². The number of rotatable bonds is 9. The molecule has 0 aliphatic carbocycles. The zero-order valence-electron chi connectivity index (χ0n) is 15.8. The number of piperazine rings is 1. The smallest absolute Gasteiger partial charge is 0.326 e. The number of hydrogen-bond acceptors (Lipinski definition) is 6. The second-order valence-electron chi connectivity index (χ2n) is 6.48. The number of carbonyl (C=O) groups excluding carboxylic acids is 4. The first kappa shape index (κ1) is 21.9. The molecular weight excluding hydrogens is 382 g/mol. The minimum atomic E-state index is -1.49. The molecule has 29 heavy (non-hydrogen) atoms. The number of hydrogen-bond donors (Lipinski definition) is 4. The van der Waals surface area contributed by atoms with E-state index in [-0.39, 0.29) is 6.61 Å². The maximum Gasteiger partial charge on any atom is 0.326 e. The maximum absolute atomic E-state index is 12.3. The number of carboxylic acid groups (broad SMARTS) is 1. The summed E-state index contributed by atoms with van der Waals surface area (Å²) in [6, 6.07) is 5.74. The molecule has 0 radical (unpaired) electrons. The fraction of sp³-hybridized carbons (Fsp3) is 0.421. The van der Waals surface area contributed by atoms with Crippen LogP contribution in [0, 0.1) is 0 Å². The van der Waals surface area contributed by atoms with E-state index in [1.165, 1.54) is 0 Å². The Morgan fingerprint density at radius 1 is 1.10 bits per heavy atom. The van der Waals surface area contributed by atoms with Gasteiger partial charge >= 0.3 is 11.9 Å². The summed E-state index contributed by atoms with van der Waals surface area (Å²) in [5.74, 6) is -3.95. The first-order valence-corrected chi connectivity index (χ1v) is 9.12. The van der Waals surface area contributed by atoms with E-state index in [1.54, 1.807) is 6.92 Å². The van der Waals surface area contributed by atoms with E-state index >= 15 is 0 Å². The molecule has 1 fully saturated rings. The SMILES string of the molecule is CCOC(=O)C[C@@H](NC(=O)C[C@@H]1NC(=O)[C@H](Cc2ccccc2)NC1=O)C(=O)O. The Bertz CT molecular complexity index is 781. The van der Waals surface area contributed by atoms with Crippen LogP contribution in [0.1, 0.15) is 25.3 Å². The van der Waals surface area contributed by atoms with Crippen LogP contribution in [0.5, 0.6) is 0 Å². The van der Waals surface area contributed by atoms with Crippen LogP contribution >= 0.6 is 0 Å². The first-order chi connectivity index (χ1) is 13.8. The van der Waals surface area contributed by atoms with Crippen LogP contribution < -0.4 is 16.0 Å². The summed E-state index contributed by atoms with van der Waals surface area (Å²) in [4.78, 5) is 59.3. The molecule has 0 spiro atoms. The number of amides is 3. The Hall–Kier alpha value is -3.43. The summed E-state index contributed by atoms with van der Waals surface area (Å²) >= 11 is 0. The number of nitrogens with one attached hydrogen (secondary N) is 3. The van der Waals surface area contributed by atoms with Crippen molar-refractivity contribution in [1.29, 1.82) is 0 Å². The molecule has 1 heterocycles. The molecule has 1 aliphatic rings. The zero-order valence-corrected chi connectivity index (χ0v) is 15.8. The van der Waals surface area contributed by atoms with Crippen LogP contribution in [0.3, 0.4) is 0 Å². The minimum Gasteiger partial charge on any atom is -0.480 e. The number of carbonyl (C=O) groups is 5. The number of ether oxygens (including phenoxy) is 1. The van der Waals surface area contributed by atoms with Gasteiger partial charge in [-0.2, -0.15) is 0 Å². The van der Waals surface area contributed by atoms with Crippen molar-refractivity contribution in [3.63, 3.8) is 0 Å². The van der Waals surface area contributed by atoms with Crippen LogP contribution in [-0.4, -0.2) is 59.5 Å². The predicted octanol–water partition coefficient (Wildman–Crippen LogP) is -0.875. The minimum absolute atomic E-state index is 0.0809. The van der Waals surface area contributed by atoms with Crippen molar-refractivity contribution in [2.24, 2.45) is 0 Å². The van der Waals surface area contributed by atoms with Crippen LogP contribution in [0.4, 0.5) is 0 Å². The summed E-state index contributed by atoms with van der Waals surface area (Å²) < 4.78 is 4.67. The third-order valence-corrected chi connectivity index (χ3v) is 4.25.